The van der Waals surface area contributed by atoms with Gasteiger partial charge in [0.1, 0.15) is 0 Å². The first-order chi connectivity index (χ1) is 9.56. The molecule has 1 aliphatic rings. The van der Waals surface area contributed by atoms with Gasteiger partial charge in [-0.05, 0) is 44.2 Å². The second-order valence-electron chi connectivity index (χ2n) is 5.37. The van der Waals surface area contributed by atoms with Crippen LogP contribution in [-0.2, 0) is 0 Å². The second-order valence-corrected chi connectivity index (χ2v) is 6.22. The fraction of sp³-hybridized carbons (Fsp3) is 0.533. The lowest BCUT2D eigenvalue weighted by atomic mass is 9.93. The lowest BCUT2D eigenvalue weighted by Gasteiger charge is -2.27. The van der Waals surface area contributed by atoms with Crippen LogP contribution in [0.4, 0.5) is 4.79 Å². The largest absolute Gasteiger partial charge is 0.393 e. The summed E-state index contributed by atoms with van der Waals surface area (Å²) in [5.74, 6) is 0. The Kier molecular flexibility index (Phi) is 5.43. The van der Waals surface area contributed by atoms with Crippen molar-refractivity contribution < 1.29 is 9.90 Å². The molecule has 5 heteroatoms. The number of aliphatic hydroxyl groups excluding tert-OH is 1. The van der Waals surface area contributed by atoms with Crippen LogP contribution < -0.4 is 10.6 Å². The summed E-state index contributed by atoms with van der Waals surface area (Å²) in [7, 11) is 0. The summed E-state index contributed by atoms with van der Waals surface area (Å²) in [6.45, 7) is 1.96. The first kappa shape index (κ1) is 15.3. The number of rotatable bonds is 3. The number of hydrogen-bond donors (Lipinski definition) is 3. The Hall–Kier alpha value is -1.07. The zero-order valence-electron chi connectivity index (χ0n) is 11.6. The third kappa shape index (κ3) is 4.21. The fourth-order valence-corrected chi connectivity index (χ4v) is 3.18. The predicted octanol–water partition coefficient (Wildman–Crippen LogP) is 3.11. The Balaban J connectivity index is 1.84. The Labute approximate surface area is 128 Å². The molecule has 0 aliphatic heterocycles. The van der Waals surface area contributed by atoms with Gasteiger partial charge in [0.15, 0.2) is 0 Å². The first-order valence-corrected chi connectivity index (χ1v) is 7.85. The van der Waals surface area contributed by atoms with Gasteiger partial charge in [0.25, 0.3) is 0 Å². The van der Waals surface area contributed by atoms with E-state index >= 15 is 0 Å². The van der Waals surface area contributed by atoms with E-state index in [4.69, 9.17) is 0 Å². The lowest BCUT2D eigenvalue weighted by molar-refractivity contribution is 0.117. The highest BCUT2D eigenvalue weighted by Crippen LogP contribution is 2.23. The molecule has 3 N–H and O–H groups in total. The molecule has 0 spiro atoms. The van der Waals surface area contributed by atoms with E-state index in [9.17, 15) is 9.90 Å². The van der Waals surface area contributed by atoms with Crippen molar-refractivity contribution in [1.29, 1.82) is 0 Å². The van der Waals surface area contributed by atoms with Gasteiger partial charge >= 0.3 is 6.03 Å². The number of aliphatic hydroxyl groups is 1. The summed E-state index contributed by atoms with van der Waals surface area (Å²) in [6.07, 6.45) is 3.03. The third-order valence-corrected chi connectivity index (χ3v) is 4.47. The van der Waals surface area contributed by atoms with Crippen molar-refractivity contribution in [3.63, 3.8) is 0 Å². The number of amides is 2. The number of hydrogen-bond acceptors (Lipinski definition) is 2. The first-order valence-electron chi connectivity index (χ1n) is 7.06. The topological polar surface area (TPSA) is 61.4 Å². The van der Waals surface area contributed by atoms with Crippen LogP contribution in [0.25, 0.3) is 0 Å². The van der Waals surface area contributed by atoms with Gasteiger partial charge in [-0.25, -0.2) is 4.79 Å². The minimum absolute atomic E-state index is 0.0558. The van der Waals surface area contributed by atoms with Crippen LogP contribution in [0.2, 0.25) is 0 Å². The van der Waals surface area contributed by atoms with Gasteiger partial charge in [-0.3, -0.25) is 0 Å². The minimum Gasteiger partial charge on any atom is -0.393 e. The van der Waals surface area contributed by atoms with Crippen LogP contribution in [0, 0.1) is 0 Å². The van der Waals surface area contributed by atoms with E-state index < -0.39 is 0 Å². The van der Waals surface area contributed by atoms with E-state index in [0.29, 0.717) is 0 Å². The standard InChI is InChI=1S/C15H21BrN2O2/c1-10(13-4-2-3-5-14(13)16)17-15(20)18-11-6-8-12(19)9-7-11/h2-5,10-12,19H,6-9H2,1H3,(H2,17,18,20). The van der Waals surface area contributed by atoms with Crippen molar-refractivity contribution in [2.24, 2.45) is 0 Å². The summed E-state index contributed by atoms with van der Waals surface area (Å²) in [6, 6.07) is 7.84. The summed E-state index contributed by atoms with van der Waals surface area (Å²) in [5, 5.41) is 15.4. The van der Waals surface area contributed by atoms with Gasteiger partial charge in [-0.15, -0.1) is 0 Å². The van der Waals surface area contributed by atoms with Crippen LogP contribution in [-0.4, -0.2) is 23.3 Å². The normalized spacial score (nSPS) is 23.9. The Bertz CT molecular complexity index is 459. The quantitative estimate of drug-likeness (QED) is 0.791. The van der Waals surface area contributed by atoms with E-state index in [1.807, 2.05) is 31.2 Å². The van der Waals surface area contributed by atoms with Gasteiger partial charge < -0.3 is 15.7 Å². The molecule has 0 aromatic heterocycles. The van der Waals surface area contributed by atoms with Gasteiger partial charge in [0, 0.05) is 10.5 Å². The molecule has 1 unspecified atom stereocenters. The highest BCUT2D eigenvalue weighted by Gasteiger charge is 2.21. The van der Waals surface area contributed by atoms with Crippen molar-refractivity contribution in [3.8, 4) is 0 Å². The van der Waals surface area contributed by atoms with Gasteiger partial charge in [0.2, 0.25) is 0 Å². The smallest absolute Gasteiger partial charge is 0.315 e. The van der Waals surface area contributed by atoms with Crippen molar-refractivity contribution >= 4 is 22.0 Å². The van der Waals surface area contributed by atoms with Crippen molar-refractivity contribution in [1.82, 2.24) is 10.6 Å². The predicted molar refractivity (Wildman–Crippen MR) is 82.5 cm³/mol. The van der Waals surface area contributed by atoms with Crippen molar-refractivity contribution in [2.45, 2.75) is 50.8 Å². The van der Waals surface area contributed by atoms with Crippen LogP contribution in [0.15, 0.2) is 28.7 Å². The number of benzene rings is 1. The third-order valence-electron chi connectivity index (χ3n) is 3.75. The average molecular weight is 341 g/mol. The molecule has 1 aliphatic carbocycles. The molecule has 0 bridgehead atoms. The maximum atomic E-state index is 12.0. The Morgan fingerprint density at radius 3 is 2.60 bits per heavy atom. The molecule has 0 radical (unpaired) electrons. The number of urea groups is 1. The highest BCUT2D eigenvalue weighted by molar-refractivity contribution is 9.10. The summed E-state index contributed by atoms with van der Waals surface area (Å²) >= 11 is 3.49. The van der Waals surface area contributed by atoms with Gasteiger partial charge in [-0.1, -0.05) is 34.1 Å². The summed E-state index contributed by atoms with van der Waals surface area (Å²) < 4.78 is 0.994. The molecule has 0 saturated heterocycles. The van der Waals surface area contributed by atoms with E-state index in [1.54, 1.807) is 0 Å². The minimum atomic E-state index is -0.199. The van der Waals surface area contributed by atoms with Gasteiger partial charge in [-0.2, -0.15) is 0 Å². The molecule has 0 heterocycles. The Morgan fingerprint density at radius 1 is 1.30 bits per heavy atom. The van der Waals surface area contributed by atoms with E-state index in [0.717, 1.165) is 35.7 Å². The average Bonchev–Trinajstić information content (AvgIpc) is 2.41. The molecule has 1 aromatic carbocycles. The molecule has 20 heavy (non-hydrogen) atoms. The highest BCUT2D eigenvalue weighted by atomic mass is 79.9. The molecule has 1 saturated carbocycles. The summed E-state index contributed by atoms with van der Waals surface area (Å²) in [4.78, 5) is 12.0. The van der Waals surface area contributed by atoms with E-state index in [1.165, 1.54) is 0 Å². The van der Waals surface area contributed by atoms with E-state index in [-0.39, 0.29) is 24.2 Å². The molecule has 4 nitrogen and oxygen atoms in total. The summed E-state index contributed by atoms with van der Waals surface area (Å²) in [5.41, 5.74) is 1.06. The number of carbonyl (C=O) groups is 1. The van der Waals surface area contributed by atoms with Crippen LogP contribution in [0.3, 0.4) is 0 Å². The molecule has 2 rings (SSSR count). The lowest BCUT2D eigenvalue weighted by Crippen LogP contribution is -2.44. The molecule has 1 aromatic rings. The molecule has 2 amide bonds. The maximum Gasteiger partial charge on any atom is 0.315 e. The van der Waals surface area contributed by atoms with Crippen molar-refractivity contribution in [2.75, 3.05) is 0 Å². The number of halogens is 1. The fourth-order valence-electron chi connectivity index (χ4n) is 2.55. The monoisotopic (exact) mass is 340 g/mol. The van der Waals surface area contributed by atoms with E-state index in [2.05, 4.69) is 26.6 Å². The van der Waals surface area contributed by atoms with Crippen LogP contribution in [0.5, 0.6) is 0 Å². The molecule has 1 atom stereocenters. The van der Waals surface area contributed by atoms with Gasteiger partial charge in [0.05, 0.1) is 12.1 Å². The number of nitrogens with one attached hydrogen (secondary N) is 2. The zero-order valence-corrected chi connectivity index (χ0v) is 13.2. The molecular weight excluding hydrogens is 320 g/mol. The molecule has 1 fully saturated rings. The maximum absolute atomic E-state index is 12.0. The number of carbonyl (C=O) groups excluding carboxylic acids is 1. The zero-order chi connectivity index (χ0) is 14.5. The van der Waals surface area contributed by atoms with Crippen LogP contribution >= 0.6 is 15.9 Å². The molecule has 110 valence electrons. The SMILES string of the molecule is CC(NC(=O)NC1CCC(O)CC1)c1ccccc1Br. The van der Waals surface area contributed by atoms with Crippen LogP contribution in [0.1, 0.15) is 44.2 Å². The van der Waals surface area contributed by atoms with Crippen molar-refractivity contribution in [3.05, 3.63) is 34.3 Å². The Morgan fingerprint density at radius 2 is 1.95 bits per heavy atom. The molecular formula is C15H21BrN2O2. The second kappa shape index (κ2) is 7.09.